The second kappa shape index (κ2) is 9.22. The van der Waals surface area contributed by atoms with Gasteiger partial charge in [-0.25, -0.2) is 15.4 Å². The summed E-state index contributed by atoms with van der Waals surface area (Å²) >= 11 is 0. The lowest BCUT2D eigenvalue weighted by Crippen LogP contribution is -2.51. The highest BCUT2D eigenvalue weighted by Crippen LogP contribution is 2.14. The van der Waals surface area contributed by atoms with Crippen LogP contribution in [-0.2, 0) is 0 Å². The molecule has 1 atom stereocenters. The van der Waals surface area contributed by atoms with Crippen molar-refractivity contribution in [1.29, 1.82) is 0 Å². The van der Waals surface area contributed by atoms with E-state index in [9.17, 15) is 9.90 Å². The van der Waals surface area contributed by atoms with Crippen molar-refractivity contribution in [3.05, 3.63) is 59.9 Å². The van der Waals surface area contributed by atoms with Gasteiger partial charge in [0.15, 0.2) is 0 Å². The normalized spacial score (nSPS) is 16.4. The van der Waals surface area contributed by atoms with Crippen LogP contribution in [0.4, 0.5) is 5.95 Å². The maximum atomic E-state index is 11.3. The molecule has 8 nitrogen and oxygen atoms in total. The predicted molar refractivity (Wildman–Crippen MR) is 101 cm³/mol. The van der Waals surface area contributed by atoms with Gasteiger partial charge in [-0.15, -0.1) is 0 Å². The number of amides is 1. The van der Waals surface area contributed by atoms with Crippen LogP contribution in [0.3, 0.4) is 0 Å². The van der Waals surface area contributed by atoms with Crippen molar-refractivity contribution in [3.63, 3.8) is 0 Å². The predicted octanol–water partition coefficient (Wildman–Crippen LogP) is 0.792. The van der Waals surface area contributed by atoms with Gasteiger partial charge in [0.1, 0.15) is 0 Å². The summed E-state index contributed by atoms with van der Waals surface area (Å²) in [6.45, 7) is 3.05. The molecule has 8 heteroatoms. The average Bonchev–Trinajstić information content (AvgIpc) is 2.75. The molecule has 1 aromatic heterocycles. The minimum absolute atomic E-state index is 0.0381. The largest absolute Gasteiger partial charge is 0.394 e. The van der Waals surface area contributed by atoms with Crippen molar-refractivity contribution in [2.45, 2.75) is 6.04 Å². The van der Waals surface area contributed by atoms with Crippen molar-refractivity contribution < 1.29 is 15.1 Å². The molecule has 3 N–H and O–H groups in total. The Morgan fingerprint density at radius 1 is 1.15 bits per heavy atom. The summed E-state index contributed by atoms with van der Waals surface area (Å²) in [7, 11) is 0. The van der Waals surface area contributed by atoms with E-state index < -0.39 is 5.91 Å². The molecule has 0 saturated carbocycles. The monoisotopic (exact) mass is 369 g/mol. The van der Waals surface area contributed by atoms with Gasteiger partial charge in [0.2, 0.25) is 5.95 Å². The second-order valence-corrected chi connectivity index (χ2v) is 6.26. The average molecular weight is 369 g/mol. The summed E-state index contributed by atoms with van der Waals surface area (Å²) in [5, 5.41) is 18.4. The van der Waals surface area contributed by atoms with Crippen LogP contribution < -0.4 is 10.4 Å². The van der Waals surface area contributed by atoms with Gasteiger partial charge >= 0.3 is 0 Å². The number of nitrogens with zero attached hydrogens (tertiary/aromatic N) is 4. The zero-order valence-electron chi connectivity index (χ0n) is 14.9. The van der Waals surface area contributed by atoms with Crippen LogP contribution in [0.15, 0.2) is 48.8 Å². The molecular formula is C19H23N5O3. The first-order valence-electron chi connectivity index (χ1n) is 8.81. The number of aromatic nitrogens is 2. The second-order valence-electron chi connectivity index (χ2n) is 6.26. The number of carbonyl (C=O) groups excluding carboxylic acids is 1. The van der Waals surface area contributed by atoms with Crippen molar-refractivity contribution in [2.24, 2.45) is 0 Å². The fourth-order valence-electron chi connectivity index (χ4n) is 3.00. The number of aliphatic hydroxyl groups is 1. The quantitative estimate of drug-likeness (QED) is 0.511. The summed E-state index contributed by atoms with van der Waals surface area (Å²) < 4.78 is 0. The lowest BCUT2D eigenvalue weighted by molar-refractivity contribution is 0.0705. The number of carbonyl (C=O) groups is 1. The number of nitrogens with one attached hydrogen (secondary N) is 1. The zero-order valence-corrected chi connectivity index (χ0v) is 14.9. The molecule has 3 rings (SSSR count). The minimum Gasteiger partial charge on any atom is -0.394 e. The first kappa shape index (κ1) is 19.0. The van der Waals surface area contributed by atoms with Crippen LogP contribution in [-0.4, -0.2) is 69.9 Å². The Kier molecular flexibility index (Phi) is 6.48. The fraction of sp³-hybridized carbons (Fsp3) is 0.316. The van der Waals surface area contributed by atoms with Crippen LogP contribution in [0.25, 0.3) is 6.08 Å². The Bertz CT molecular complexity index is 759. The van der Waals surface area contributed by atoms with Crippen LogP contribution >= 0.6 is 0 Å². The highest BCUT2D eigenvalue weighted by molar-refractivity contribution is 5.92. The van der Waals surface area contributed by atoms with Crippen LogP contribution in [0.2, 0.25) is 0 Å². The molecule has 0 radical (unpaired) electrons. The Labute approximate surface area is 157 Å². The lowest BCUT2D eigenvalue weighted by Gasteiger charge is -2.37. The van der Waals surface area contributed by atoms with E-state index in [1.165, 1.54) is 12.4 Å². The van der Waals surface area contributed by atoms with Crippen molar-refractivity contribution in [3.8, 4) is 0 Å². The smallest absolute Gasteiger partial charge is 0.277 e. The standard InChI is InChI=1S/C19H23N5O3/c25-14-17(7-6-15-4-2-1-3-5-15)23-8-10-24(11-9-23)19-20-12-16(13-21-19)18(26)22-27/h1-7,12-13,17,25,27H,8-11,14H2,(H,22,26)/t17-/m0/s1. The maximum Gasteiger partial charge on any atom is 0.277 e. The Morgan fingerprint density at radius 2 is 1.81 bits per heavy atom. The summed E-state index contributed by atoms with van der Waals surface area (Å²) in [4.78, 5) is 24.0. The first-order valence-corrected chi connectivity index (χ1v) is 8.81. The Morgan fingerprint density at radius 3 is 2.41 bits per heavy atom. The molecule has 142 valence electrons. The van der Waals surface area contributed by atoms with Crippen LogP contribution in [0.5, 0.6) is 0 Å². The molecule has 1 aromatic carbocycles. The fourth-order valence-corrected chi connectivity index (χ4v) is 3.00. The molecular weight excluding hydrogens is 346 g/mol. The number of rotatable bonds is 6. The van der Waals surface area contributed by atoms with Gasteiger partial charge in [-0.2, -0.15) is 0 Å². The van der Waals surface area contributed by atoms with Crippen molar-refractivity contribution >= 4 is 17.9 Å². The number of benzene rings is 1. The molecule has 27 heavy (non-hydrogen) atoms. The molecule has 2 heterocycles. The molecule has 1 saturated heterocycles. The molecule has 1 amide bonds. The van der Waals surface area contributed by atoms with Gasteiger partial charge in [-0.1, -0.05) is 42.5 Å². The topological polar surface area (TPSA) is 102 Å². The van der Waals surface area contributed by atoms with E-state index in [1.807, 2.05) is 47.4 Å². The Hall–Kier alpha value is -2.81. The number of hydrogen-bond acceptors (Lipinski definition) is 7. The van der Waals surface area contributed by atoms with Gasteiger partial charge in [-0.05, 0) is 5.56 Å². The summed E-state index contributed by atoms with van der Waals surface area (Å²) in [5.74, 6) is -0.0909. The molecule has 0 spiro atoms. The van der Waals surface area contributed by atoms with E-state index in [0.29, 0.717) is 5.95 Å². The molecule has 0 unspecified atom stereocenters. The SMILES string of the molecule is O=C(NO)c1cnc(N2CCN([C@@H](C=Cc3ccccc3)CO)CC2)nc1. The van der Waals surface area contributed by atoms with Gasteiger partial charge in [0.05, 0.1) is 18.2 Å². The number of hydroxylamine groups is 1. The number of piperazine rings is 1. The number of hydrogen-bond donors (Lipinski definition) is 3. The van der Waals surface area contributed by atoms with Crippen molar-refractivity contribution in [2.75, 3.05) is 37.7 Å². The highest BCUT2D eigenvalue weighted by atomic mass is 16.5. The maximum absolute atomic E-state index is 11.3. The highest BCUT2D eigenvalue weighted by Gasteiger charge is 2.23. The van der Waals surface area contributed by atoms with E-state index in [2.05, 4.69) is 14.9 Å². The third-order valence-corrected chi connectivity index (χ3v) is 4.57. The van der Waals surface area contributed by atoms with E-state index in [4.69, 9.17) is 5.21 Å². The molecule has 1 aliphatic rings. The third-order valence-electron chi connectivity index (χ3n) is 4.57. The first-order chi connectivity index (χ1) is 13.2. The summed E-state index contributed by atoms with van der Waals surface area (Å²) in [6, 6.07) is 9.97. The number of anilines is 1. The zero-order chi connectivity index (χ0) is 19.1. The molecule has 1 fully saturated rings. The van der Waals surface area contributed by atoms with E-state index in [1.54, 1.807) is 5.48 Å². The summed E-state index contributed by atoms with van der Waals surface area (Å²) in [5.41, 5.74) is 2.87. The van der Waals surface area contributed by atoms with E-state index in [-0.39, 0.29) is 18.2 Å². The van der Waals surface area contributed by atoms with E-state index in [0.717, 1.165) is 31.7 Å². The van der Waals surface area contributed by atoms with Gasteiger partial charge < -0.3 is 10.0 Å². The molecule has 1 aliphatic heterocycles. The molecule has 2 aromatic rings. The minimum atomic E-state index is -0.637. The Balaban J connectivity index is 1.57. The van der Waals surface area contributed by atoms with Crippen LogP contribution in [0.1, 0.15) is 15.9 Å². The third kappa shape index (κ3) is 4.88. The molecule has 0 bridgehead atoms. The van der Waals surface area contributed by atoms with Crippen LogP contribution in [0, 0.1) is 0 Å². The van der Waals surface area contributed by atoms with Crippen molar-refractivity contribution in [1.82, 2.24) is 20.3 Å². The molecule has 0 aliphatic carbocycles. The number of aliphatic hydroxyl groups excluding tert-OH is 1. The van der Waals surface area contributed by atoms with Gasteiger partial charge in [0.25, 0.3) is 5.91 Å². The van der Waals surface area contributed by atoms with Gasteiger partial charge in [-0.3, -0.25) is 14.9 Å². The van der Waals surface area contributed by atoms with Gasteiger partial charge in [0, 0.05) is 38.6 Å². The lowest BCUT2D eigenvalue weighted by atomic mass is 10.1. The summed E-state index contributed by atoms with van der Waals surface area (Å²) in [6.07, 6.45) is 6.84. The van der Waals surface area contributed by atoms with E-state index >= 15 is 0 Å².